The highest BCUT2D eigenvalue weighted by molar-refractivity contribution is 7.16. The van der Waals surface area contributed by atoms with Crippen LogP contribution in [-0.2, 0) is 11.2 Å². The van der Waals surface area contributed by atoms with Crippen LogP contribution in [-0.4, -0.2) is 43.7 Å². The maximum Gasteiger partial charge on any atom is 0.256 e. The summed E-state index contributed by atoms with van der Waals surface area (Å²) in [6, 6.07) is 20.0. The van der Waals surface area contributed by atoms with E-state index >= 15 is 0 Å². The fourth-order valence-electron chi connectivity index (χ4n) is 4.03. The summed E-state index contributed by atoms with van der Waals surface area (Å²) < 4.78 is 11.3. The second-order valence-corrected chi connectivity index (χ2v) is 8.86. The molecule has 1 aliphatic heterocycles. The van der Waals surface area contributed by atoms with E-state index in [2.05, 4.69) is 35.3 Å². The summed E-state index contributed by atoms with van der Waals surface area (Å²) in [5.74, 6) is 0.790. The van der Waals surface area contributed by atoms with E-state index in [-0.39, 0.29) is 11.9 Å². The molecule has 2 aromatic carbocycles. The molecule has 0 radical (unpaired) electrons. The summed E-state index contributed by atoms with van der Waals surface area (Å²) in [6.07, 6.45) is 0.929. The van der Waals surface area contributed by atoms with E-state index in [0.717, 1.165) is 35.8 Å². The van der Waals surface area contributed by atoms with E-state index in [9.17, 15) is 4.79 Å². The molecule has 4 rings (SSSR count). The number of amides is 1. The van der Waals surface area contributed by atoms with E-state index in [1.165, 1.54) is 10.4 Å². The minimum atomic E-state index is -0.0798. The van der Waals surface area contributed by atoms with Gasteiger partial charge in [-0.25, -0.2) is 0 Å². The fraction of sp³-hybridized carbons (Fsp3) is 0.346. The first kappa shape index (κ1) is 22.5. The summed E-state index contributed by atoms with van der Waals surface area (Å²) in [4.78, 5) is 16.7. The van der Waals surface area contributed by atoms with E-state index in [0.29, 0.717) is 25.4 Å². The first-order valence-electron chi connectivity index (χ1n) is 11.2. The molecule has 1 aliphatic rings. The highest BCUT2D eigenvalue weighted by atomic mass is 32.1. The third-order valence-corrected chi connectivity index (χ3v) is 6.85. The molecule has 1 atom stereocenters. The Morgan fingerprint density at radius 1 is 1.09 bits per heavy atom. The summed E-state index contributed by atoms with van der Waals surface area (Å²) in [5, 5.41) is 4.12. The van der Waals surface area contributed by atoms with Crippen LogP contribution in [0.2, 0.25) is 0 Å². The van der Waals surface area contributed by atoms with Gasteiger partial charge in [0.15, 0.2) is 0 Å². The van der Waals surface area contributed by atoms with Gasteiger partial charge < -0.3 is 14.8 Å². The van der Waals surface area contributed by atoms with Gasteiger partial charge in [-0.05, 0) is 49.2 Å². The molecule has 0 spiro atoms. The van der Waals surface area contributed by atoms with Crippen LogP contribution >= 0.6 is 11.3 Å². The number of aryl methyl sites for hydroxylation is 1. The van der Waals surface area contributed by atoms with Gasteiger partial charge in [0.2, 0.25) is 0 Å². The molecule has 168 valence electrons. The Morgan fingerprint density at radius 3 is 2.47 bits per heavy atom. The maximum absolute atomic E-state index is 13.0. The standard InChI is InChI=1S/C26H30N2O3S/c1-3-22-18-23(26(32-22)27-25(29)20-8-6-5-7-9-20)24(28-14-16-30-17-15-28)19-10-12-21(13-11-19)31-4-2/h5-13,18,24H,3-4,14-17H2,1-2H3,(H,27,29). The van der Waals surface area contributed by atoms with Gasteiger partial charge in [0.25, 0.3) is 5.91 Å². The molecule has 3 aromatic rings. The molecule has 1 aromatic heterocycles. The largest absolute Gasteiger partial charge is 0.494 e. The molecule has 1 amide bonds. The lowest BCUT2D eigenvalue weighted by molar-refractivity contribution is 0.0241. The number of ether oxygens (including phenoxy) is 2. The van der Waals surface area contributed by atoms with E-state index in [1.54, 1.807) is 11.3 Å². The number of anilines is 1. The van der Waals surface area contributed by atoms with Crippen LogP contribution in [0.3, 0.4) is 0 Å². The summed E-state index contributed by atoms with van der Waals surface area (Å²) >= 11 is 1.67. The lowest BCUT2D eigenvalue weighted by Gasteiger charge is -2.35. The second kappa shape index (κ2) is 10.8. The summed E-state index contributed by atoms with van der Waals surface area (Å²) in [7, 11) is 0. The number of nitrogens with one attached hydrogen (secondary N) is 1. The molecule has 2 heterocycles. The molecule has 32 heavy (non-hydrogen) atoms. The molecule has 1 saturated heterocycles. The molecule has 0 saturated carbocycles. The number of morpholine rings is 1. The Morgan fingerprint density at radius 2 is 1.81 bits per heavy atom. The number of hydrogen-bond donors (Lipinski definition) is 1. The first-order chi connectivity index (χ1) is 15.7. The van der Waals surface area contributed by atoms with Crippen molar-refractivity contribution in [2.24, 2.45) is 0 Å². The molecule has 6 heteroatoms. The normalized spacial score (nSPS) is 15.3. The van der Waals surface area contributed by atoms with Gasteiger partial charge in [0.1, 0.15) is 10.8 Å². The van der Waals surface area contributed by atoms with Gasteiger partial charge in [0.05, 0.1) is 25.9 Å². The van der Waals surface area contributed by atoms with Crippen LogP contribution in [0, 0.1) is 0 Å². The van der Waals surface area contributed by atoms with E-state index in [4.69, 9.17) is 9.47 Å². The Balaban J connectivity index is 1.71. The SMILES string of the molecule is CCOc1ccc(C(c2cc(CC)sc2NC(=O)c2ccccc2)N2CCOCC2)cc1. The zero-order chi connectivity index (χ0) is 22.3. The van der Waals surface area contributed by atoms with Crippen molar-refractivity contribution in [3.8, 4) is 5.75 Å². The number of carbonyl (C=O) groups is 1. The van der Waals surface area contributed by atoms with Crippen LogP contribution in [0.1, 0.15) is 46.3 Å². The average molecular weight is 451 g/mol. The molecule has 0 bridgehead atoms. The molecule has 0 aliphatic carbocycles. The lowest BCUT2D eigenvalue weighted by atomic mass is 9.97. The topological polar surface area (TPSA) is 50.8 Å². The van der Waals surface area contributed by atoms with Crippen LogP contribution in [0.4, 0.5) is 5.00 Å². The van der Waals surface area contributed by atoms with Crippen molar-refractivity contribution in [1.82, 2.24) is 4.90 Å². The van der Waals surface area contributed by atoms with Crippen molar-refractivity contribution in [3.05, 3.63) is 82.2 Å². The number of thiophene rings is 1. The van der Waals surface area contributed by atoms with Crippen molar-refractivity contribution in [2.45, 2.75) is 26.3 Å². The summed E-state index contributed by atoms with van der Waals surface area (Å²) in [6.45, 7) is 7.91. The Hall–Kier alpha value is -2.67. The van der Waals surface area contributed by atoms with Gasteiger partial charge in [0, 0.05) is 29.1 Å². The highest BCUT2D eigenvalue weighted by Crippen LogP contribution is 2.40. The molecule has 5 nitrogen and oxygen atoms in total. The predicted octanol–water partition coefficient (Wildman–Crippen LogP) is 5.38. The molecular weight excluding hydrogens is 420 g/mol. The highest BCUT2D eigenvalue weighted by Gasteiger charge is 2.28. The maximum atomic E-state index is 13.0. The summed E-state index contributed by atoms with van der Waals surface area (Å²) in [5.41, 5.74) is 2.99. The minimum Gasteiger partial charge on any atom is -0.494 e. The second-order valence-electron chi connectivity index (χ2n) is 7.72. The van der Waals surface area contributed by atoms with Gasteiger partial charge >= 0.3 is 0 Å². The van der Waals surface area contributed by atoms with Gasteiger partial charge in [-0.15, -0.1) is 11.3 Å². The van der Waals surface area contributed by atoms with Crippen molar-refractivity contribution < 1.29 is 14.3 Å². The van der Waals surface area contributed by atoms with Crippen LogP contribution in [0.5, 0.6) is 5.75 Å². The molecular formula is C26H30N2O3S. The van der Waals surface area contributed by atoms with E-state index < -0.39 is 0 Å². The van der Waals surface area contributed by atoms with Crippen molar-refractivity contribution in [3.63, 3.8) is 0 Å². The van der Waals surface area contributed by atoms with Gasteiger partial charge in [-0.3, -0.25) is 9.69 Å². The molecule has 1 unspecified atom stereocenters. The Kier molecular flexibility index (Phi) is 7.58. The monoisotopic (exact) mass is 450 g/mol. The van der Waals surface area contributed by atoms with Gasteiger partial charge in [-0.2, -0.15) is 0 Å². The van der Waals surface area contributed by atoms with E-state index in [1.807, 2.05) is 49.4 Å². The quantitative estimate of drug-likeness (QED) is 0.500. The Labute approximate surface area is 194 Å². The Bertz CT molecular complexity index is 1010. The lowest BCUT2D eigenvalue weighted by Crippen LogP contribution is -2.39. The zero-order valence-corrected chi connectivity index (χ0v) is 19.5. The zero-order valence-electron chi connectivity index (χ0n) is 18.7. The molecule has 1 fully saturated rings. The third-order valence-electron chi connectivity index (χ3n) is 5.64. The van der Waals surface area contributed by atoms with Crippen LogP contribution in [0.25, 0.3) is 0 Å². The first-order valence-corrected chi connectivity index (χ1v) is 12.0. The number of carbonyl (C=O) groups excluding carboxylic acids is 1. The van der Waals surface area contributed by atoms with Crippen LogP contribution in [0.15, 0.2) is 60.7 Å². The number of rotatable bonds is 8. The average Bonchev–Trinajstić information content (AvgIpc) is 3.24. The van der Waals surface area contributed by atoms with Crippen LogP contribution < -0.4 is 10.1 Å². The fourth-order valence-corrected chi connectivity index (χ4v) is 5.06. The number of benzene rings is 2. The molecule has 1 N–H and O–H groups in total. The van der Waals surface area contributed by atoms with Gasteiger partial charge in [-0.1, -0.05) is 37.3 Å². The smallest absolute Gasteiger partial charge is 0.256 e. The van der Waals surface area contributed by atoms with Crippen molar-refractivity contribution in [1.29, 1.82) is 0 Å². The number of hydrogen-bond acceptors (Lipinski definition) is 5. The van der Waals surface area contributed by atoms with Crippen molar-refractivity contribution in [2.75, 3.05) is 38.2 Å². The predicted molar refractivity (Wildman–Crippen MR) is 130 cm³/mol. The number of nitrogens with zero attached hydrogens (tertiary/aromatic N) is 1. The minimum absolute atomic E-state index is 0.0391. The third kappa shape index (κ3) is 5.21. The van der Waals surface area contributed by atoms with Crippen molar-refractivity contribution >= 4 is 22.2 Å².